The third-order valence-corrected chi connectivity index (χ3v) is 2.74. The van der Waals surface area contributed by atoms with Gasteiger partial charge in [0.25, 0.3) is 0 Å². The first kappa shape index (κ1) is 6.38. The monoisotopic (exact) mass is 154 g/mol. The third-order valence-electron chi connectivity index (χ3n) is 1.76. The Hall–Kier alpha value is -0.340. The lowest BCUT2D eigenvalue weighted by atomic mass is 10.2. The van der Waals surface area contributed by atoms with E-state index in [9.17, 15) is 0 Å². The molecule has 1 atom stereocenters. The van der Waals surface area contributed by atoms with Gasteiger partial charge in [-0.05, 0) is 25.5 Å². The lowest BCUT2D eigenvalue weighted by Gasteiger charge is -1.88. The Balaban J connectivity index is 2.38. The van der Waals surface area contributed by atoms with Crippen molar-refractivity contribution in [2.75, 3.05) is 6.61 Å². The van der Waals surface area contributed by atoms with Gasteiger partial charge >= 0.3 is 0 Å². The van der Waals surface area contributed by atoms with E-state index in [-0.39, 0.29) is 0 Å². The van der Waals surface area contributed by atoms with E-state index in [0.717, 1.165) is 6.61 Å². The molecule has 2 heterocycles. The topological polar surface area (TPSA) is 12.5 Å². The van der Waals surface area contributed by atoms with Crippen molar-refractivity contribution in [3.63, 3.8) is 0 Å². The highest BCUT2D eigenvalue weighted by atomic mass is 32.1. The molecule has 0 saturated carbocycles. The second kappa shape index (κ2) is 2.07. The molecule has 54 valence electrons. The summed E-state index contributed by atoms with van der Waals surface area (Å²) in [6.45, 7) is 5.23. The first-order valence-corrected chi connectivity index (χ1v) is 4.27. The Labute approximate surface area is 64.6 Å². The molecule has 0 amide bonds. The Morgan fingerprint density at radius 3 is 2.70 bits per heavy atom. The van der Waals surface area contributed by atoms with Gasteiger partial charge in [0.1, 0.15) is 6.10 Å². The number of ether oxygens (including phenoxy) is 1. The molecular weight excluding hydrogens is 144 g/mol. The van der Waals surface area contributed by atoms with E-state index in [2.05, 4.69) is 19.9 Å². The van der Waals surface area contributed by atoms with E-state index in [1.807, 2.05) is 11.3 Å². The first-order valence-electron chi connectivity index (χ1n) is 3.46. The van der Waals surface area contributed by atoms with E-state index in [1.54, 1.807) is 0 Å². The highest BCUT2D eigenvalue weighted by Crippen LogP contribution is 2.35. The van der Waals surface area contributed by atoms with E-state index < -0.39 is 0 Å². The summed E-state index contributed by atoms with van der Waals surface area (Å²) in [5.74, 6) is 0. The average Bonchev–Trinajstić information content (AvgIpc) is 2.61. The molecule has 1 aromatic heterocycles. The molecule has 0 aromatic carbocycles. The van der Waals surface area contributed by atoms with Crippen molar-refractivity contribution < 1.29 is 4.74 Å². The second-order valence-electron chi connectivity index (χ2n) is 2.69. The molecule has 1 fully saturated rings. The van der Waals surface area contributed by atoms with Crippen molar-refractivity contribution >= 4 is 11.3 Å². The highest BCUT2D eigenvalue weighted by molar-refractivity contribution is 7.12. The molecule has 0 N–H and O–H groups in total. The number of hydrogen-bond acceptors (Lipinski definition) is 2. The highest BCUT2D eigenvalue weighted by Gasteiger charge is 2.27. The number of epoxide rings is 1. The fourth-order valence-corrected chi connectivity index (χ4v) is 2.17. The molecular formula is C8H10OS. The molecule has 2 heteroatoms. The number of aryl methyl sites for hydroxylation is 2. The summed E-state index contributed by atoms with van der Waals surface area (Å²) in [4.78, 5) is 2.81. The van der Waals surface area contributed by atoms with Gasteiger partial charge in [0.2, 0.25) is 0 Å². The zero-order chi connectivity index (χ0) is 7.14. The van der Waals surface area contributed by atoms with Crippen molar-refractivity contribution in [2.45, 2.75) is 20.0 Å². The van der Waals surface area contributed by atoms with Gasteiger partial charge in [-0.2, -0.15) is 0 Å². The number of thiophene rings is 1. The largest absolute Gasteiger partial charge is 0.368 e. The smallest absolute Gasteiger partial charge is 0.107 e. The van der Waals surface area contributed by atoms with Gasteiger partial charge < -0.3 is 4.74 Å². The van der Waals surface area contributed by atoms with Crippen LogP contribution >= 0.6 is 11.3 Å². The zero-order valence-corrected chi connectivity index (χ0v) is 6.99. The minimum Gasteiger partial charge on any atom is -0.368 e. The molecule has 1 nitrogen and oxygen atoms in total. The minimum atomic E-state index is 0.435. The summed E-state index contributed by atoms with van der Waals surface area (Å²) in [6, 6.07) is 2.23. The van der Waals surface area contributed by atoms with Crippen molar-refractivity contribution in [3.05, 3.63) is 21.4 Å². The summed E-state index contributed by atoms with van der Waals surface area (Å²) >= 11 is 1.86. The predicted molar refractivity (Wildman–Crippen MR) is 42.5 cm³/mol. The maximum atomic E-state index is 5.20. The predicted octanol–water partition coefficient (Wildman–Crippen LogP) is 2.44. The van der Waals surface area contributed by atoms with Gasteiger partial charge in [-0.15, -0.1) is 11.3 Å². The van der Waals surface area contributed by atoms with Crippen molar-refractivity contribution in [2.24, 2.45) is 0 Å². The van der Waals surface area contributed by atoms with Crippen LogP contribution in [-0.4, -0.2) is 6.61 Å². The lowest BCUT2D eigenvalue weighted by Crippen LogP contribution is -1.76. The van der Waals surface area contributed by atoms with E-state index in [4.69, 9.17) is 4.74 Å². The van der Waals surface area contributed by atoms with Gasteiger partial charge in [-0.3, -0.25) is 0 Å². The molecule has 1 saturated heterocycles. The van der Waals surface area contributed by atoms with Crippen LogP contribution < -0.4 is 0 Å². The van der Waals surface area contributed by atoms with Gasteiger partial charge in [0.05, 0.1) is 6.61 Å². The van der Waals surface area contributed by atoms with Crippen LogP contribution in [0, 0.1) is 13.8 Å². The maximum absolute atomic E-state index is 5.20. The summed E-state index contributed by atoms with van der Waals surface area (Å²) in [7, 11) is 0. The number of rotatable bonds is 1. The molecule has 10 heavy (non-hydrogen) atoms. The van der Waals surface area contributed by atoms with Crippen LogP contribution in [0.2, 0.25) is 0 Å². The van der Waals surface area contributed by atoms with Gasteiger partial charge in [-0.1, -0.05) is 0 Å². The standard InChI is InChI=1S/C8H10OS/c1-5-3-7(6(2)10-5)8-4-9-8/h3,8H,4H2,1-2H3. The van der Waals surface area contributed by atoms with Gasteiger partial charge in [0, 0.05) is 9.75 Å². The Bertz CT molecular complexity index is 248. The van der Waals surface area contributed by atoms with Crippen molar-refractivity contribution in [1.29, 1.82) is 0 Å². The summed E-state index contributed by atoms with van der Waals surface area (Å²) in [5.41, 5.74) is 1.41. The van der Waals surface area contributed by atoms with Crippen LogP contribution in [0.1, 0.15) is 21.4 Å². The molecule has 1 aliphatic heterocycles. The van der Waals surface area contributed by atoms with E-state index >= 15 is 0 Å². The molecule has 1 unspecified atom stereocenters. The summed E-state index contributed by atoms with van der Waals surface area (Å²) in [5, 5.41) is 0. The van der Waals surface area contributed by atoms with Crippen LogP contribution in [-0.2, 0) is 4.74 Å². The van der Waals surface area contributed by atoms with Crippen LogP contribution in [0.15, 0.2) is 6.07 Å². The summed E-state index contributed by atoms with van der Waals surface area (Å²) in [6.07, 6.45) is 0.435. The van der Waals surface area contributed by atoms with E-state index in [1.165, 1.54) is 15.3 Å². The van der Waals surface area contributed by atoms with Gasteiger partial charge in [0.15, 0.2) is 0 Å². The normalized spacial score (nSPS) is 23.2. The molecule has 0 spiro atoms. The summed E-state index contributed by atoms with van der Waals surface area (Å²) < 4.78 is 5.20. The van der Waals surface area contributed by atoms with E-state index in [0.29, 0.717) is 6.10 Å². The van der Waals surface area contributed by atoms with Crippen LogP contribution in [0.4, 0.5) is 0 Å². The molecule has 1 aromatic rings. The average molecular weight is 154 g/mol. The fourth-order valence-electron chi connectivity index (χ4n) is 1.20. The fraction of sp³-hybridized carbons (Fsp3) is 0.500. The quantitative estimate of drug-likeness (QED) is 0.566. The Kier molecular flexibility index (Phi) is 1.32. The van der Waals surface area contributed by atoms with Crippen molar-refractivity contribution in [3.8, 4) is 0 Å². The van der Waals surface area contributed by atoms with Gasteiger partial charge in [-0.25, -0.2) is 0 Å². The van der Waals surface area contributed by atoms with Crippen molar-refractivity contribution in [1.82, 2.24) is 0 Å². The Morgan fingerprint density at radius 2 is 2.30 bits per heavy atom. The maximum Gasteiger partial charge on any atom is 0.107 e. The number of hydrogen-bond donors (Lipinski definition) is 0. The lowest BCUT2D eigenvalue weighted by molar-refractivity contribution is 0.415. The van der Waals surface area contributed by atoms with Crippen LogP contribution in [0.3, 0.4) is 0 Å². The molecule has 0 bridgehead atoms. The third kappa shape index (κ3) is 0.976. The molecule has 0 radical (unpaired) electrons. The SMILES string of the molecule is Cc1cc(C2CO2)c(C)s1. The minimum absolute atomic E-state index is 0.435. The van der Waals surface area contributed by atoms with Crippen LogP contribution in [0.25, 0.3) is 0 Å². The molecule has 1 aliphatic rings. The molecule has 2 rings (SSSR count). The molecule has 0 aliphatic carbocycles. The van der Waals surface area contributed by atoms with Crippen LogP contribution in [0.5, 0.6) is 0 Å². The zero-order valence-electron chi connectivity index (χ0n) is 6.18. The second-order valence-corrected chi connectivity index (χ2v) is 4.15. The first-order chi connectivity index (χ1) is 4.77. The Morgan fingerprint density at radius 1 is 1.60 bits per heavy atom.